The van der Waals surface area contributed by atoms with Crippen molar-refractivity contribution >= 4 is 8.32 Å². The lowest BCUT2D eigenvalue weighted by Gasteiger charge is -2.39. The van der Waals surface area contributed by atoms with E-state index >= 15 is 0 Å². The Kier molecular flexibility index (Phi) is 7.53. The third-order valence-corrected chi connectivity index (χ3v) is 8.74. The topological polar surface area (TPSA) is 36.9 Å². The van der Waals surface area contributed by atoms with Gasteiger partial charge < -0.3 is 18.6 Å². The van der Waals surface area contributed by atoms with Gasteiger partial charge in [-0.15, -0.1) is 12.8 Å². The molecule has 0 unspecified atom stereocenters. The Morgan fingerprint density at radius 3 is 2.26 bits per heavy atom. The molecule has 0 aromatic carbocycles. The summed E-state index contributed by atoms with van der Waals surface area (Å²) in [5.74, 6) is 4.91. The molecule has 0 aromatic heterocycles. The molecule has 1 rings (SSSR count). The normalized spacial score (nSPS) is 24.9. The van der Waals surface area contributed by atoms with E-state index in [0.29, 0.717) is 6.61 Å². The van der Waals surface area contributed by atoms with Crippen molar-refractivity contribution in [2.45, 2.75) is 57.4 Å². The molecule has 0 amide bonds. The van der Waals surface area contributed by atoms with Gasteiger partial charge in [-0.25, -0.2) is 0 Å². The lowest BCUT2D eigenvalue weighted by Crippen LogP contribution is -2.47. The summed E-state index contributed by atoms with van der Waals surface area (Å²) in [4.78, 5) is 0. The van der Waals surface area contributed by atoms with Gasteiger partial charge in [0.1, 0.15) is 25.4 Å². The average Bonchev–Trinajstić information content (AvgIpc) is 2.48. The van der Waals surface area contributed by atoms with Crippen LogP contribution in [0.2, 0.25) is 18.1 Å². The van der Waals surface area contributed by atoms with Gasteiger partial charge >= 0.3 is 0 Å². The molecule has 4 nitrogen and oxygen atoms in total. The van der Waals surface area contributed by atoms with E-state index in [1.165, 1.54) is 0 Å². The van der Waals surface area contributed by atoms with Crippen LogP contribution in [0.5, 0.6) is 0 Å². The zero-order chi connectivity index (χ0) is 17.5. The summed E-state index contributed by atoms with van der Waals surface area (Å²) < 4.78 is 23.2. The maximum atomic E-state index is 6.25. The molecule has 3 atom stereocenters. The maximum absolute atomic E-state index is 6.25. The molecular weight excluding hydrogens is 308 g/mol. The van der Waals surface area contributed by atoms with Crippen molar-refractivity contribution in [3.8, 4) is 24.7 Å². The van der Waals surface area contributed by atoms with Gasteiger partial charge in [0.15, 0.2) is 14.6 Å². The summed E-state index contributed by atoms with van der Waals surface area (Å²) in [5.41, 5.74) is 0. The third kappa shape index (κ3) is 6.14. The second-order valence-electron chi connectivity index (χ2n) is 6.99. The number of rotatable bonds is 7. The molecule has 0 bridgehead atoms. The molecule has 1 heterocycles. The van der Waals surface area contributed by atoms with Crippen molar-refractivity contribution in [1.82, 2.24) is 0 Å². The van der Waals surface area contributed by atoms with E-state index in [4.69, 9.17) is 31.5 Å². The second kappa shape index (κ2) is 8.68. The van der Waals surface area contributed by atoms with E-state index < -0.39 is 14.6 Å². The van der Waals surface area contributed by atoms with Crippen LogP contribution in [0.3, 0.4) is 0 Å². The predicted octanol–water partition coefficient (Wildman–Crippen LogP) is 2.96. The van der Waals surface area contributed by atoms with Gasteiger partial charge in [0, 0.05) is 0 Å². The zero-order valence-electron chi connectivity index (χ0n) is 14.8. The van der Waals surface area contributed by atoms with Crippen LogP contribution in [0.1, 0.15) is 20.8 Å². The van der Waals surface area contributed by atoms with Crippen LogP contribution in [0.25, 0.3) is 0 Å². The first-order valence-electron chi connectivity index (χ1n) is 7.79. The average molecular weight is 337 g/mol. The van der Waals surface area contributed by atoms with Crippen LogP contribution in [-0.2, 0) is 18.6 Å². The predicted molar refractivity (Wildman–Crippen MR) is 94.3 cm³/mol. The molecule has 0 radical (unpaired) electrons. The molecule has 0 fully saturated rings. The molecule has 0 saturated carbocycles. The van der Waals surface area contributed by atoms with Gasteiger partial charge in [-0.3, -0.25) is 0 Å². The number of hydrogen-bond donors (Lipinski definition) is 0. The molecule has 1 aliphatic rings. The molecule has 23 heavy (non-hydrogen) atoms. The minimum atomic E-state index is -1.87. The van der Waals surface area contributed by atoms with Crippen molar-refractivity contribution in [2.75, 3.05) is 19.8 Å². The van der Waals surface area contributed by atoms with Crippen molar-refractivity contribution in [1.29, 1.82) is 0 Å². The van der Waals surface area contributed by atoms with Crippen molar-refractivity contribution < 1.29 is 18.6 Å². The molecule has 0 N–H and O–H groups in total. The summed E-state index contributed by atoms with van der Waals surface area (Å²) >= 11 is 0. The third-order valence-electron chi connectivity index (χ3n) is 4.24. The highest BCUT2D eigenvalue weighted by molar-refractivity contribution is 6.74. The molecule has 0 spiro atoms. The monoisotopic (exact) mass is 336 g/mol. The molecule has 1 aliphatic heterocycles. The smallest absolute Gasteiger partial charge is 0.192 e. The standard InChI is InChI=1S/C18H28O4Si/c1-8-12-19-15-10-11-17(20-13-9-2)22-16(15)14-21-23(6,7)18(3,4)5/h1-2,10-11,15-17H,12-14H2,3-7H3/t15-,16+,17-/m0/s1. The SMILES string of the molecule is C#CCO[C@@H]1C=C[C@H](OCC#C)[C@@H](CO[Si](C)(C)C(C)(C)C)O1. The molecule has 128 valence electrons. The van der Waals surface area contributed by atoms with Crippen LogP contribution >= 0.6 is 0 Å². The summed E-state index contributed by atoms with van der Waals surface area (Å²) in [5, 5.41) is 0.131. The van der Waals surface area contributed by atoms with E-state index in [-0.39, 0.29) is 30.5 Å². The fourth-order valence-electron chi connectivity index (χ4n) is 1.79. The van der Waals surface area contributed by atoms with Gasteiger partial charge in [-0.05, 0) is 24.2 Å². The molecule has 0 saturated heterocycles. The number of hydrogen-bond acceptors (Lipinski definition) is 4. The summed E-state index contributed by atoms with van der Waals surface area (Å²) in [6.07, 6.45) is 13.2. The van der Waals surface area contributed by atoms with E-state index in [1.54, 1.807) is 6.08 Å². The minimum Gasteiger partial charge on any atom is -0.414 e. The molecular formula is C18H28O4Si. The largest absolute Gasteiger partial charge is 0.414 e. The van der Waals surface area contributed by atoms with Gasteiger partial charge in [-0.1, -0.05) is 38.7 Å². The maximum Gasteiger partial charge on any atom is 0.192 e. The van der Waals surface area contributed by atoms with Crippen LogP contribution in [0.4, 0.5) is 0 Å². The highest BCUT2D eigenvalue weighted by Crippen LogP contribution is 2.37. The number of ether oxygens (including phenoxy) is 3. The first-order chi connectivity index (χ1) is 10.7. The van der Waals surface area contributed by atoms with Crippen molar-refractivity contribution in [2.24, 2.45) is 0 Å². The molecule has 0 aliphatic carbocycles. The lowest BCUT2D eigenvalue weighted by molar-refractivity contribution is -0.179. The van der Waals surface area contributed by atoms with Gasteiger partial charge in [0.05, 0.1) is 6.61 Å². The minimum absolute atomic E-state index is 0.131. The highest BCUT2D eigenvalue weighted by atomic mass is 28.4. The van der Waals surface area contributed by atoms with Gasteiger partial charge in [0.25, 0.3) is 0 Å². The first-order valence-corrected chi connectivity index (χ1v) is 10.7. The molecule has 5 heteroatoms. The summed E-state index contributed by atoms with van der Waals surface area (Å²) in [7, 11) is -1.87. The Hall–Kier alpha value is -1.08. The lowest BCUT2D eigenvalue weighted by atomic mass is 10.1. The Labute approximate surface area is 141 Å². The Bertz CT molecular complexity index is 479. The highest BCUT2D eigenvalue weighted by Gasteiger charge is 2.39. The van der Waals surface area contributed by atoms with Crippen LogP contribution in [-0.4, -0.2) is 46.6 Å². The van der Waals surface area contributed by atoms with Crippen LogP contribution in [0, 0.1) is 24.7 Å². The summed E-state index contributed by atoms with van der Waals surface area (Å²) in [6, 6.07) is 0. The van der Waals surface area contributed by atoms with Crippen molar-refractivity contribution in [3.05, 3.63) is 12.2 Å². The zero-order valence-corrected chi connectivity index (χ0v) is 15.8. The Morgan fingerprint density at radius 1 is 1.09 bits per heavy atom. The first kappa shape index (κ1) is 20.0. The van der Waals surface area contributed by atoms with E-state index in [1.807, 2.05) is 6.08 Å². The van der Waals surface area contributed by atoms with Gasteiger partial charge in [0.2, 0.25) is 0 Å². The molecule has 0 aromatic rings. The van der Waals surface area contributed by atoms with E-state index in [2.05, 4.69) is 45.7 Å². The van der Waals surface area contributed by atoms with E-state index in [9.17, 15) is 0 Å². The second-order valence-corrected chi connectivity index (χ2v) is 11.8. The Balaban J connectivity index is 2.72. The van der Waals surface area contributed by atoms with Gasteiger partial charge in [-0.2, -0.15) is 0 Å². The fourth-order valence-corrected chi connectivity index (χ4v) is 2.81. The fraction of sp³-hybridized carbons (Fsp3) is 0.667. The van der Waals surface area contributed by atoms with Crippen molar-refractivity contribution in [3.63, 3.8) is 0 Å². The Morgan fingerprint density at radius 2 is 1.70 bits per heavy atom. The van der Waals surface area contributed by atoms with Crippen LogP contribution < -0.4 is 0 Å². The van der Waals surface area contributed by atoms with Crippen LogP contribution in [0.15, 0.2) is 12.2 Å². The number of terminal acetylenes is 2. The van der Waals surface area contributed by atoms with E-state index in [0.717, 1.165) is 0 Å². The summed E-state index contributed by atoms with van der Waals surface area (Å²) in [6.45, 7) is 11.9. The quantitative estimate of drug-likeness (QED) is 0.407.